The summed E-state index contributed by atoms with van der Waals surface area (Å²) in [4.78, 5) is 26.5. The molecule has 0 aliphatic carbocycles. The summed E-state index contributed by atoms with van der Waals surface area (Å²) in [7, 11) is 4.91. The van der Waals surface area contributed by atoms with Gasteiger partial charge < -0.3 is 29.3 Å². The first kappa shape index (κ1) is 35.1. The predicted molar refractivity (Wildman–Crippen MR) is 165 cm³/mol. The molecule has 2 rings (SSSR count). The lowest BCUT2D eigenvalue weighted by molar-refractivity contribution is -0.177. The van der Waals surface area contributed by atoms with Gasteiger partial charge in [0, 0.05) is 23.6 Å². The average molecular weight is 587 g/mol. The molecule has 0 spiro atoms. The van der Waals surface area contributed by atoms with E-state index < -0.39 is 24.6 Å². The summed E-state index contributed by atoms with van der Waals surface area (Å²) >= 11 is 0. The zero-order valence-corrected chi connectivity index (χ0v) is 25.8. The van der Waals surface area contributed by atoms with Crippen LogP contribution in [0, 0.1) is 0 Å². The number of aromatic nitrogens is 1. The van der Waals surface area contributed by atoms with Crippen LogP contribution in [0.4, 0.5) is 4.79 Å². The quantitative estimate of drug-likeness (QED) is 0.0768. The zero-order valence-electron chi connectivity index (χ0n) is 25.8. The molecule has 2 aromatic rings. The molecule has 0 aliphatic rings. The van der Waals surface area contributed by atoms with Gasteiger partial charge in [-0.05, 0) is 70.8 Å². The highest BCUT2D eigenvalue weighted by atomic mass is 16.7. The van der Waals surface area contributed by atoms with Crippen molar-refractivity contribution in [3.8, 4) is 5.75 Å². The Kier molecular flexibility index (Phi) is 16.0. The lowest BCUT2D eigenvalue weighted by atomic mass is 10.0. The summed E-state index contributed by atoms with van der Waals surface area (Å²) in [6.07, 6.45) is 21.9. The fraction of sp³-hybridized carbons (Fsp3) is 0.576. The van der Waals surface area contributed by atoms with E-state index in [1.807, 2.05) is 0 Å². The Bertz CT molecular complexity index is 1150. The Morgan fingerprint density at radius 2 is 1.60 bits per heavy atom. The van der Waals surface area contributed by atoms with Gasteiger partial charge in [-0.1, -0.05) is 63.3 Å². The lowest BCUT2D eigenvalue weighted by Crippen LogP contribution is -2.37. The fourth-order valence-corrected chi connectivity index (χ4v) is 4.70. The SMILES string of the molecule is CCCCC/C=C\C/C=C\CCCCCCCC(=O)OCOC(=O)n1cc(C(O)(O)CN(C)C)c2cc(OC)ccc21. The van der Waals surface area contributed by atoms with Gasteiger partial charge in [-0.25, -0.2) is 4.79 Å². The number of likely N-dealkylation sites (N-methyl/N-ethyl adjacent to an activating group) is 1. The third-order valence-electron chi connectivity index (χ3n) is 6.91. The molecule has 0 aliphatic heterocycles. The summed E-state index contributed by atoms with van der Waals surface area (Å²) < 4.78 is 16.7. The monoisotopic (exact) mass is 586 g/mol. The van der Waals surface area contributed by atoms with E-state index in [0.29, 0.717) is 16.7 Å². The Morgan fingerprint density at radius 3 is 2.26 bits per heavy atom. The molecule has 0 saturated heterocycles. The van der Waals surface area contributed by atoms with Crippen LogP contribution >= 0.6 is 0 Å². The zero-order chi connectivity index (χ0) is 30.8. The van der Waals surface area contributed by atoms with Gasteiger partial charge in [-0.2, -0.15) is 0 Å². The van der Waals surface area contributed by atoms with Crippen molar-refractivity contribution in [3.63, 3.8) is 0 Å². The molecule has 42 heavy (non-hydrogen) atoms. The van der Waals surface area contributed by atoms with E-state index in [0.717, 1.165) is 49.5 Å². The summed E-state index contributed by atoms with van der Waals surface area (Å²) in [5.74, 6) is -2.15. The lowest BCUT2D eigenvalue weighted by Gasteiger charge is -2.25. The van der Waals surface area contributed by atoms with E-state index in [-0.39, 0.29) is 18.5 Å². The van der Waals surface area contributed by atoms with Crippen LogP contribution in [0.2, 0.25) is 0 Å². The van der Waals surface area contributed by atoms with Crippen molar-refractivity contribution in [1.29, 1.82) is 0 Å². The minimum absolute atomic E-state index is 0.0931. The maximum atomic E-state index is 12.8. The van der Waals surface area contributed by atoms with Crippen molar-refractivity contribution >= 4 is 23.0 Å². The number of hydrogen-bond acceptors (Lipinski definition) is 8. The smallest absolute Gasteiger partial charge is 0.421 e. The largest absolute Gasteiger partial charge is 0.497 e. The Labute approximate surface area is 250 Å². The number of aliphatic hydroxyl groups is 2. The van der Waals surface area contributed by atoms with E-state index in [1.165, 1.54) is 39.0 Å². The standard InChI is InChI=1S/C33H50N2O7/c1-5-6-7-8-9-10-11-12-13-14-15-16-17-18-19-20-31(36)41-26-42-32(37)35-24-29(33(38,39)25-34(2)3)28-23-27(40-4)21-22-30(28)35/h9-10,12-13,21-24,38-39H,5-8,11,14-20,25-26H2,1-4H3/b10-9-,13-12-. The third-order valence-corrected chi connectivity index (χ3v) is 6.91. The fourth-order valence-electron chi connectivity index (χ4n) is 4.70. The Hall–Kier alpha value is -3.14. The van der Waals surface area contributed by atoms with Gasteiger partial charge >= 0.3 is 12.1 Å². The third kappa shape index (κ3) is 12.4. The number of ether oxygens (including phenoxy) is 3. The van der Waals surface area contributed by atoms with E-state index in [4.69, 9.17) is 14.2 Å². The van der Waals surface area contributed by atoms with Crippen molar-refractivity contribution in [3.05, 3.63) is 54.3 Å². The topological polar surface area (TPSA) is 110 Å². The summed E-state index contributed by atoms with van der Waals surface area (Å²) in [6, 6.07) is 4.90. The normalized spacial score (nSPS) is 12.2. The molecule has 234 valence electrons. The second-order valence-electron chi connectivity index (χ2n) is 10.9. The molecule has 0 amide bonds. The van der Waals surface area contributed by atoms with Crippen molar-refractivity contribution in [2.75, 3.05) is 34.5 Å². The maximum absolute atomic E-state index is 12.8. The van der Waals surface area contributed by atoms with E-state index in [1.54, 1.807) is 37.2 Å². The predicted octanol–water partition coefficient (Wildman–Crippen LogP) is 6.65. The summed E-state index contributed by atoms with van der Waals surface area (Å²) in [5, 5.41) is 21.9. The highest BCUT2D eigenvalue weighted by Crippen LogP contribution is 2.32. The number of unbranched alkanes of at least 4 members (excludes halogenated alkanes) is 8. The molecule has 2 N–H and O–H groups in total. The minimum atomic E-state index is -2.23. The number of hydrogen-bond donors (Lipinski definition) is 2. The van der Waals surface area contributed by atoms with E-state index >= 15 is 0 Å². The highest BCUT2D eigenvalue weighted by molar-refractivity contribution is 5.93. The van der Waals surface area contributed by atoms with Gasteiger partial charge in [0.2, 0.25) is 12.6 Å². The van der Waals surface area contributed by atoms with Crippen LogP contribution in [0.25, 0.3) is 10.9 Å². The minimum Gasteiger partial charge on any atom is -0.497 e. The number of benzene rings is 1. The Balaban J connectivity index is 1.69. The molecule has 0 saturated carbocycles. The van der Waals surface area contributed by atoms with Crippen molar-refractivity contribution in [2.45, 2.75) is 89.8 Å². The van der Waals surface area contributed by atoms with Crippen LogP contribution < -0.4 is 4.74 Å². The van der Waals surface area contributed by atoms with Gasteiger partial charge in [0.1, 0.15) is 5.75 Å². The number of carbonyl (C=O) groups is 2. The van der Waals surface area contributed by atoms with Gasteiger partial charge in [0.25, 0.3) is 0 Å². The molecule has 9 heteroatoms. The number of allylic oxidation sites excluding steroid dienone is 4. The molecule has 0 unspecified atom stereocenters. The first-order valence-corrected chi connectivity index (χ1v) is 15.1. The van der Waals surface area contributed by atoms with Crippen LogP contribution in [0.1, 0.15) is 89.5 Å². The second-order valence-corrected chi connectivity index (χ2v) is 10.9. The number of rotatable bonds is 20. The van der Waals surface area contributed by atoms with Gasteiger partial charge in [-0.3, -0.25) is 9.36 Å². The first-order chi connectivity index (χ1) is 20.2. The number of esters is 1. The number of fused-ring (bicyclic) bond motifs is 1. The van der Waals surface area contributed by atoms with Gasteiger partial charge in [-0.15, -0.1) is 0 Å². The molecule has 9 nitrogen and oxygen atoms in total. The average Bonchev–Trinajstić information content (AvgIpc) is 3.34. The van der Waals surface area contributed by atoms with E-state index in [2.05, 4.69) is 31.2 Å². The second kappa shape index (κ2) is 19.1. The number of methoxy groups -OCH3 is 1. The Morgan fingerprint density at radius 1 is 0.929 bits per heavy atom. The van der Waals surface area contributed by atoms with Crippen molar-refractivity contribution < 1.29 is 34.0 Å². The summed E-state index contributed by atoms with van der Waals surface area (Å²) in [5.41, 5.74) is 0.527. The molecule has 1 aromatic carbocycles. The van der Waals surface area contributed by atoms with Gasteiger partial charge in [0.05, 0.1) is 19.2 Å². The molecular weight excluding hydrogens is 536 g/mol. The molecule has 0 atom stereocenters. The molecular formula is C33H50N2O7. The number of nitrogens with zero attached hydrogens (tertiary/aromatic N) is 2. The van der Waals surface area contributed by atoms with Crippen LogP contribution in [0.5, 0.6) is 5.75 Å². The molecule has 0 radical (unpaired) electrons. The van der Waals surface area contributed by atoms with Gasteiger partial charge in [0.15, 0.2) is 0 Å². The molecule has 1 aromatic heterocycles. The number of carbonyl (C=O) groups excluding carboxylic acids is 2. The van der Waals surface area contributed by atoms with E-state index in [9.17, 15) is 19.8 Å². The van der Waals surface area contributed by atoms with Crippen molar-refractivity contribution in [1.82, 2.24) is 9.47 Å². The van der Waals surface area contributed by atoms with Crippen LogP contribution in [-0.4, -0.2) is 66.3 Å². The van der Waals surface area contributed by atoms with Crippen molar-refractivity contribution in [2.24, 2.45) is 0 Å². The molecule has 1 heterocycles. The molecule has 0 fully saturated rings. The first-order valence-electron chi connectivity index (χ1n) is 15.1. The summed E-state index contributed by atoms with van der Waals surface area (Å²) in [6.45, 7) is 1.61. The molecule has 0 bridgehead atoms. The van der Waals surface area contributed by atoms with Crippen LogP contribution in [-0.2, 0) is 20.1 Å². The maximum Gasteiger partial charge on any atom is 0.421 e. The highest BCUT2D eigenvalue weighted by Gasteiger charge is 2.32. The van der Waals surface area contributed by atoms with Crippen LogP contribution in [0.15, 0.2) is 48.7 Å². The van der Waals surface area contributed by atoms with Crippen LogP contribution in [0.3, 0.4) is 0 Å².